The van der Waals surface area contributed by atoms with Gasteiger partial charge in [0.1, 0.15) is 5.78 Å². The number of amides is 1. The maximum atomic E-state index is 11.5. The normalized spacial score (nSPS) is 23.0. The van der Waals surface area contributed by atoms with E-state index in [-0.39, 0.29) is 24.2 Å². The zero-order chi connectivity index (χ0) is 10.6. The van der Waals surface area contributed by atoms with Crippen LogP contribution in [0.25, 0.3) is 0 Å². The molecule has 1 heterocycles. The van der Waals surface area contributed by atoms with Crippen molar-refractivity contribution in [3.8, 4) is 0 Å². The van der Waals surface area contributed by atoms with E-state index >= 15 is 0 Å². The highest BCUT2D eigenvalue weighted by Gasteiger charge is 2.19. The lowest BCUT2D eigenvalue weighted by molar-refractivity contribution is -0.134. The molecular weight excluding hydrogens is 182 g/mol. The first-order chi connectivity index (χ1) is 6.59. The third-order valence-corrected chi connectivity index (χ3v) is 2.45. The average molecular weight is 199 g/mol. The van der Waals surface area contributed by atoms with Crippen molar-refractivity contribution in [3.05, 3.63) is 0 Å². The van der Waals surface area contributed by atoms with Crippen molar-refractivity contribution in [2.75, 3.05) is 13.1 Å². The average Bonchev–Trinajstić information content (AvgIpc) is 2.28. The highest BCUT2D eigenvalue weighted by Crippen LogP contribution is 2.11. The molecule has 0 aromatic heterocycles. The molecule has 0 spiro atoms. The number of likely N-dealkylation sites (tertiary alicyclic amines) is 1. The Kier molecular flexibility index (Phi) is 4.07. The van der Waals surface area contributed by atoms with Crippen LogP contribution in [0.5, 0.6) is 0 Å². The first kappa shape index (κ1) is 11.2. The standard InChI is InChI=1S/C10H17NO3/c1-8(12)7-10(14)11-5-2-3-9(13)4-6-11/h9,13H,2-7H2,1H3. The third-order valence-electron chi connectivity index (χ3n) is 2.45. The molecule has 14 heavy (non-hydrogen) atoms. The van der Waals surface area contributed by atoms with E-state index in [2.05, 4.69) is 0 Å². The van der Waals surface area contributed by atoms with Crippen LogP contribution >= 0.6 is 0 Å². The summed E-state index contributed by atoms with van der Waals surface area (Å²) in [5.41, 5.74) is 0. The molecule has 80 valence electrons. The minimum absolute atomic E-state index is 0.00387. The van der Waals surface area contributed by atoms with Crippen LogP contribution in [0.15, 0.2) is 0 Å². The SMILES string of the molecule is CC(=O)CC(=O)N1CCCC(O)CC1. The zero-order valence-corrected chi connectivity index (χ0v) is 8.53. The van der Waals surface area contributed by atoms with Gasteiger partial charge in [0, 0.05) is 13.1 Å². The van der Waals surface area contributed by atoms with E-state index in [9.17, 15) is 14.7 Å². The maximum absolute atomic E-state index is 11.5. The predicted molar refractivity (Wildman–Crippen MR) is 51.7 cm³/mol. The van der Waals surface area contributed by atoms with Crippen molar-refractivity contribution in [2.45, 2.75) is 38.7 Å². The van der Waals surface area contributed by atoms with Crippen LogP contribution in [0, 0.1) is 0 Å². The molecule has 1 fully saturated rings. The Morgan fingerprint density at radius 1 is 1.36 bits per heavy atom. The predicted octanol–water partition coefficient (Wildman–Crippen LogP) is 0.339. The summed E-state index contributed by atoms with van der Waals surface area (Å²) in [5.74, 6) is -0.202. The summed E-state index contributed by atoms with van der Waals surface area (Å²) in [6.07, 6.45) is 1.92. The third kappa shape index (κ3) is 3.46. The van der Waals surface area contributed by atoms with Gasteiger partial charge in [0.05, 0.1) is 12.5 Å². The van der Waals surface area contributed by atoms with E-state index in [0.717, 1.165) is 12.8 Å². The molecule has 1 unspecified atom stereocenters. The van der Waals surface area contributed by atoms with E-state index in [1.54, 1.807) is 4.90 Å². The first-order valence-electron chi connectivity index (χ1n) is 5.05. The van der Waals surface area contributed by atoms with E-state index < -0.39 is 0 Å². The Labute approximate surface area is 83.9 Å². The number of carbonyl (C=O) groups is 2. The van der Waals surface area contributed by atoms with Gasteiger partial charge >= 0.3 is 0 Å². The molecule has 4 nitrogen and oxygen atoms in total. The van der Waals surface area contributed by atoms with Crippen molar-refractivity contribution < 1.29 is 14.7 Å². The summed E-state index contributed by atoms with van der Waals surface area (Å²) < 4.78 is 0. The molecule has 0 radical (unpaired) electrons. The van der Waals surface area contributed by atoms with Crippen LogP contribution in [-0.4, -0.2) is 40.9 Å². The van der Waals surface area contributed by atoms with E-state index in [1.807, 2.05) is 0 Å². The topological polar surface area (TPSA) is 57.6 Å². The van der Waals surface area contributed by atoms with Gasteiger partial charge in [0.2, 0.25) is 5.91 Å². The highest BCUT2D eigenvalue weighted by atomic mass is 16.3. The summed E-state index contributed by atoms with van der Waals surface area (Å²) in [5, 5.41) is 9.37. The molecule has 4 heteroatoms. The van der Waals surface area contributed by atoms with Gasteiger partial charge in [-0.1, -0.05) is 0 Å². The molecule has 1 aliphatic rings. The second-order valence-corrected chi connectivity index (χ2v) is 3.84. The Balaban J connectivity index is 2.43. The van der Waals surface area contributed by atoms with Crippen LogP contribution in [0.1, 0.15) is 32.6 Å². The van der Waals surface area contributed by atoms with Crippen LogP contribution < -0.4 is 0 Å². The van der Waals surface area contributed by atoms with Gasteiger partial charge < -0.3 is 10.0 Å². The molecule has 1 atom stereocenters. The van der Waals surface area contributed by atoms with E-state index in [4.69, 9.17) is 0 Å². The van der Waals surface area contributed by atoms with E-state index in [0.29, 0.717) is 19.5 Å². The Hall–Kier alpha value is -0.900. The molecule has 1 saturated heterocycles. The molecular formula is C10H17NO3. The molecule has 1 aliphatic heterocycles. The second kappa shape index (κ2) is 5.10. The lowest BCUT2D eigenvalue weighted by Gasteiger charge is -2.19. The van der Waals surface area contributed by atoms with Crippen molar-refractivity contribution in [2.24, 2.45) is 0 Å². The van der Waals surface area contributed by atoms with Gasteiger partial charge in [0.15, 0.2) is 0 Å². The van der Waals surface area contributed by atoms with Gasteiger partial charge in [-0.15, -0.1) is 0 Å². The van der Waals surface area contributed by atoms with Crippen molar-refractivity contribution in [3.63, 3.8) is 0 Å². The number of rotatable bonds is 2. The highest BCUT2D eigenvalue weighted by molar-refractivity contribution is 5.96. The number of nitrogens with zero attached hydrogens (tertiary/aromatic N) is 1. The molecule has 1 amide bonds. The summed E-state index contributed by atoms with van der Waals surface area (Å²) in [7, 11) is 0. The fourth-order valence-electron chi connectivity index (χ4n) is 1.65. The minimum Gasteiger partial charge on any atom is -0.393 e. The number of aliphatic hydroxyl groups excluding tert-OH is 1. The van der Waals surface area contributed by atoms with E-state index in [1.165, 1.54) is 6.92 Å². The summed E-state index contributed by atoms with van der Waals surface area (Å²) >= 11 is 0. The van der Waals surface area contributed by atoms with Crippen molar-refractivity contribution in [1.29, 1.82) is 0 Å². The van der Waals surface area contributed by atoms with Gasteiger partial charge in [0.25, 0.3) is 0 Å². The van der Waals surface area contributed by atoms with Crippen LogP contribution in [0.3, 0.4) is 0 Å². The lowest BCUT2D eigenvalue weighted by Crippen LogP contribution is -2.33. The molecule has 1 rings (SSSR count). The van der Waals surface area contributed by atoms with Crippen molar-refractivity contribution in [1.82, 2.24) is 4.90 Å². The van der Waals surface area contributed by atoms with Crippen LogP contribution in [0.2, 0.25) is 0 Å². The largest absolute Gasteiger partial charge is 0.393 e. The number of ketones is 1. The number of Topliss-reactive ketones (excluding diaryl/α,β-unsaturated/α-hetero) is 1. The Morgan fingerprint density at radius 3 is 2.71 bits per heavy atom. The summed E-state index contributed by atoms with van der Waals surface area (Å²) in [6.45, 7) is 2.67. The molecule has 0 aromatic rings. The smallest absolute Gasteiger partial charge is 0.230 e. The zero-order valence-electron chi connectivity index (χ0n) is 8.53. The number of carbonyl (C=O) groups excluding carboxylic acids is 2. The van der Waals surface area contributed by atoms with Crippen LogP contribution in [-0.2, 0) is 9.59 Å². The second-order valence-electron chi connectivity index (χ2n) is 3.84. The molecule has 0 aromatic carbocycles. The first-order valence-corrected chi connectivity index (χ1v) is 5.05. The maximum Gasteiger partial charge on any atom is 0.230 e. The Bertz CT molecular complexity index is 227. The van der Waals surface area contributed by atoms with Gasteiger partial charge in [-0.25, -0.2) is 0 Å². The van der Waals surface area contributed by atoms with Crippen molar-refractivity contribution >= 4 is 11.7 Å². The van der Waals surface area contributed by atoms with Gasteiger partial charge in [-0.05, 0) is 26.2 Å². The van der Waals surface area contributed by atoms with Crippen LogP contribution in [0.4, 0.5) is 0 Å². The molecule has 0 aliphatic carbocycles. The lowest BCUT2D eigenvalue weighted by atomic mass is 10.2. The fraction of sp³-hybridized carbons (Fsp3) is 0.800. The van der Waals surface area contributed by atoms with Gasteiger partial charge in [-0.3, -0.25) is 9.59 Å². The summed E-state index contributed by atoms with van der Waals surface area (Å²) in [6, 6.07) is 0. The molecule has 1 N–H and O–H groups in total. The minimum atomic E-state index is -0.287. The summed E-state index contributed by atoms with van der Waals surface area (Å²) in [4.78, 5) is 23.9. The number of hydrogen-bond acceptors (Lipinski definition) is 3. The number of hydrogen-bond donors (Lipinski definition) is 1. The number of aliphatic hydroxyl groups is 1. The fourth-order valence-corrected chi connectivity index (χ4v) is 1.65. The van der Waals surface area contributed by atoms with Gasteiger partial charge in [-0.2, -0.15) is 0 Å². The molecule has 0 saturated carbocycles. The quantitative estimate of drug-likeness (QED) is 0.652. The Morgan fingerprint density at radius 2 is 2.07 bits per heavy atom. The monoisotopic (exact) mass is 199 g/mol. The molecule has 0 bridgehead atoms.